The highest BCUT2D eigenvalue weighted by Gasteiger charge is 2.45. The second-order valence-corrected chi connectivity index (χ2v) is 5.79. The van der Waals surface area contributed by atoms with Gasteiger partial charge in [-0.15, -0.1) is 0 Å². The smallest absolute Gasteiger partial charge is 0.103 e. The molecule has 1 aromatic heterocycles. The van der Waals surface area contributed by atoms with Crippen molar-refractivity contribution in [1.29, 1.82) is 0 Å². The number of aromatic amines is 1. The fraction of sp³-hybridized carbons (Fsp3) is 0.769. The first-order valence-electron chi connectivity index (χ1n) is 6.46. The highest BCUT2D eigenvalue weighted by Crippen LogP contribution is 2.58. The number of hydrogen-bond donors (Lipinski definition) is 2. The Labute approximate surface area is 96.8 Å². The maximum Gasteiger partial charge on any atom is 0.103 e. The van der Waals surface area contributed by atoms with Gasteiger partial charge in [0.15, 0.2) is 0 Å². The quantitative estimate of drug-likeness (QED) is 0.803. The van der Waals surface area contributed by atoms with Crippen LogP contribution in [0.1, 0.15) is 56.1 Å². The summed E-state index contributed by atoms with van der Waals surface area (Å²) in [4.78, 5) is 7.51. The second-order valence-electron chi connectivity index (χ2n) is 5.79. The van der Waals surface area contributed by atoms with Gasteiger partial charge in [0.25, 0.3) is 0 Å². The van der Waals surface area contributed by atoms with Gasteiger partial charge in [-0.1, -0.05) is 0 Å². The molecule has 3 heteroatoms. The number of rotatable bonds is 2. The molecule has 0 aliphatic heterocycles. The van der Waals surface area contributed by atoms with Gasteiger partial charge in [0.05, 0.1) is 5.69 Å². The molecule has 0 amide bonds. The minimum Gasteiger partial charge on any atom is -0.345 e. The van der Waals surface area contributed by atoms with Crippen LogP contribution >= 0.6 is 0 Å². The molecule has 2 fully saturated rings. The Hall–Kier alpha value is -0.830. The summed E-state index contributed by atoms with van der Waals surface area (Å²) in [6, 6.07) is 0.164. The van der Waals surface area contributed by atoms with E-state index in [1.54, 1.807) is 0 Å². The molecule has 0 radical (unpaired) electrons. The number of nitrogens with one attached hydrogen (secondary N) is 1. The van der Waals surface area contributed by atoms with E-state index in [4.69, 9.17) is 5.73 Å². The lowest BCUT2D eigenvalue weighted by atomic mass is 9.76. The van der Waals surface area contributed by atoms with Gasteiger partial charge in [-0.05, 0) is 56.8 Å². The van der Waals surface area contributed by atoms with Crippen LogP contribution in [0.2, 0.25) is 0 Å². The summed E-state index contributed by atoms with van der Waals surface area (Å²) in [5, 5.41) is 0. The van der Waals surface area contributed by atoms with Crippen LogP contribution in [-0.2, 0) is 0 Å². The van der Waals surface area contributed by atoms with Crippen LogP contribution in [0.3, 0.4) is 0 Å². The van der Waals surface area contributed by atoms with E-state index in [-0.39, 0.29) is 6.04 Å². The molecule has 1 aromatic rings. The van der Waals surface area contributed by atoms with E-state index in [9.17, 15) is 0 Å². The molecule has 3 rings (SSSR count). The number of H-pyrrole nitrogens is 1. The van der Waals surface area contributed by atoms with E-state index in [0.717, 1.165) is 16.9 Å². The van der Waals surface area contributed by atoms with Crippen LogP contribution < -0.4 is 5.73 Å². The Morgan fingerprint density at radius 1 is 1.38 bits per heavy atom. The van der Waals surface area contributed by atoms with E-state index >= 15 is 0 Å². The van der Waals surface area contributed by atoms with Gasteiger partial charge in [-0.2, -0.15) is 0 Å². The molecule has 1 atom stereocenters. The number of nitrogens with two attached hydrogens (primary N) is 1. The summed E-state index contributed by atoms with van der Waals surface area (Å²) in [7, 11) is 0. The molecule has 2 aliphatic carbocycles. The van der Waals surface area contributed by atoms with Crippen molar-refractivity contribution in [3.8, 4) is 0 Å². The van der Waals surface area contributed by atoms with Crippen LogP contribution in [0, 0.1) is 18.3 Å². The fourth-order valence-electron chi connectivity index (χ4n) is 3.15. The van der Waals surface area contributed by atoms with Crippen LogP contribution in [0.25, 0.3) is 0 Å². The van der Waals surface area contributed by atoms with Gasteiger partial charge in [0, 0.05) is 12.2 Å². The zero-order chi connectivity index (χ0) is 11.2. The van der Waals surface area contributed by atoms with Crippen molar-refractivity contribution < 1.29 is 0 Å². The Balaban J connectivity index is 1.65. The van der Waals surface area contributed by atoms with Crippen molar-refractivity contribution in [1.82, 2.24) is 9.97 Å². The molecule has 1 unspecified atom stereocenters. The first-order valence-corrected chi connectivity index (χ1v) is 6.46. The fourth-order valence-corrected chi connectivity index (χ4v) is 3.15. The summed E-state index contributed by atoms with van der Waals surface area (Å²) in [6.07, 6.45) is 10.3. The van der Waals surface area contributed by atoms with Gasteiger partial charge in [-0.25, -0.2) is 4.98 Å². The van der Waals surface area contributed by atoms with E-state index in [0.29, 0.717) is 5.92 Å². The minimum atomic E-state index is 0.164. The molecule has 88 valence electrons. The molecule has 0 saturated heterocycles. The number of imidazole rings is 1. The first-order chi connectivity index (χ1) is 7.69. The summed E-state index contributed by atoms with van der Waals surface area (Å²) in [5.74, 6) is 1.63. The van der Waals surface area contributed by atoms with Crippen molar-refractivity contribution in [3.05, 3.63) is 17.7 Å². The molecule has 1 spiro atoms. The third-order valence-electron chi connectivity index (χ3n) is 4.64. The monoisotopic (exact) mass is 219 g/mol. The predicted octanol–water partition coefficient (Wildman–Crippen LogP) is 2.69. The number of aromatic nitrogens is 2. The molecule has 3 N–H and O–H groups in total. The van der Waals surface area contributed by atoms with Crippen LogP contribution in [0.15, 0.2) is 6.20 Å². The lowest BCUT2D eigenvalue weighted by Crippen LogP contribution is -2.26. The topological polar surface area (TPSA) is 54.7 Å². The molecule has 0 bridgehead atoms. The standard InChI is InChI=1S/C13H21N3/c1-9-15-8-11(16-9)12(14)10-2-4-13(5-3-10)6-7-13/h8,10,12H,2-7,14H2,1H3,(H,15,16). The zero-order valence-corrected chi connectivity index (χ0v) is 10.00. The van der Waals surface area contributed by atoms with Crippen molar-refractivity contribution in [3.63, 3.8) is 0 Å². The molecule has 0 aromatic carbocycles. The van der Waals surface area contributed by atoms with Gasteiger partial charge in [0.2, 0.25) is 0 Å². The van der Waals surface area contributed by atoms with E-state index in [1.807, 2.05) is 13.1 Å². The van der Waals surface area contributed by atoms with Crippen molar-refractivity contribution in [2.75, 3.05) is 0 Å². The average molecular weight is 219 g/mol. The number of nitrogens with zero attached hydrogens (tertiary/aromatic N) is 1. The molecular weight excluding hydrogens is 198 g/mol. The van der Waals surface area contributed by atoms with Gasteiger partial charge < -0.3 is 10.7 Å². The molecule has 1 heterocycles. The number of hydrogen-bond acceptors (Lipinski definition) is 2. The molecule has 16 heavy (non-hydrogen) atoms. The zero-order valence-electron chi connectivity index (χ0n) is 10.00. The largest absolute Gasteiger partial charge is 0.345 e. The molecule has 2 saturated carbocycles. The normalized spacial score (nSPS) is 25.9. The third kappa shape index (κ3) is 1.77. The summed E-state index contributed by atoms with van der Waals surface area (Å²) in [5.41, 5.74) is 8.20. The van der Waals surface area contributed by atoms with E-state index in [2.05, 4.69) is 9.97 Å². The maximum atomic E-state index is 6.32. The van der Waals surface area contributed by atoms with Crippen molar-refractivity contribution >= 4 is 0 Å². The van der Waals surface area contributed by atoms with Crippen LogP contribution in [0.4, 0.5) is 0 Å². The lowest BCUT2D eigenvalue weighted by molar-refractivity contribution is 0.227. The summed E-state index contributed by atoms with van der Waals surface area (Å²) >= 11 is 0. The Bertz CT molecular complexity index is 368. The van der Waals surface area contributed by atoms with E-state index < -0.39 is 0 Å². The third-order valence-corrected chi connectivity index (χ3v) is 4.64. The van der Waals surface area contributed by atoms with E-state index in [1.165, 1.54) is 38.5 Å². The maximum absolute atomic E-state index is 6.32. The lowest BCUT2D eigenvalue weighted by Gasteiger charge is -2.31. The Morgan fingerprint density at radius 2 is 2.06 bits per heavy atom. The SMILES string of the molecule is Cc1ncc(C(N)C2CCC3(CC2)CC3)[nH]1. The first kappa shape index (κ1) is 10.3. The van der Waals surface area contributed by atoms with Gasteiger partial charge in [0.1, 0.15) is 5.82 Å². The van der Waals surface area contributed by atoms with Crippen LogP contribution in [0.5, 0.6) is 0 Å². The highest BCUT2D eigenvalue weighted by molar-refractivity contribution is 5.08. The summed E-state index contributed by atoms with van der Waals surface area (Å²) < 4.78 is 0. The molecular formula is C13H21N3. The minimum absolute atomic E-state index is 0.164. The van der Waals surface area contributed by atoms with Gasteiger partial charge in [-0.3, -0.25) is 0 Å². The second kappa shape index (κ2) is 3.59. The average Bonchev–Trinajstić information content (AvgIpc) is 2.89. The number of aryl methyl sites for hydroxylation is 1. The van der Waals surface area contributed by atoms with Crippen LogP contribution in [-0.4, -0.2) is 9.97 Å². The molecule has 2 aliphatic rings. The summed E-state index contributed by atoms with van der Waals surface area (Å²) in [6.45, 7) is 1.98. The Kier molecular flexibility index (Phi) is 2.32. The predicted molar refractivity (Wildman–Crippen MR) is 63.9 cm³/mol. The molecule has 3 nitrogen and oxygen atoms in total. The van der Waals surface area contributed by atoms with Crippen molar-refractivity contribution in [2.45, 2.75) is 51.5 Å². The van der Waals surface area contributed by atoms with Gasteiger partial charge >= 0.3 is 0 Å². The van der Waals surface area contributed by atoms with Crippen molar-refractivity contribution in [2.24, 2.45) is 17.1 Å². The highest BCUT2D eigenvalue weighted by atomic mass is 14.9. The Morgan fingerprint density at radius 3 is 2.56 bits per heavy atom.